The van der Waals surface area contributed by atoms with Gasteiger partial charge in [0, 0.05) is 64.6 Å². The van der Waals surface area contributed by atoms with Crippen LogP contribution in [0, 0.1) is 0 Å². The highest BCUT2D eigenvalue weighted by atomic mass is 16.2. The van der Waals surface area contributed by atoms with E-state index in [4.69, 9.17) is 0 Å². The molecule has 0 aliphatic carbocycles. The van der Waals surface area contributed by atoms with E-state index in [-0.39, 0.29) is 18.4 Å². The SMILES string of the molecule is O=C(CN1CCCCCC1=O)NCCN1CCN(c2ncccn2)CC1. The Balaban J connectivity index is 1.32. The number of hydrogen-bond acceptors (Lipinski definition) is 6. The summed E-state index contributed by atoms with van der Waals surface area (Å²) in [6.07, 6.45) is 7.11. The van der Waals surface area contributed by atoms with Crippen molar-refractivity contribution >= 4 is 17.8 Å². The Morgan fingerprint density at radius 2 is 1.81 bits per heavy atom. The first-order valence-corrected chi connectivity index (χ1v) is 9.51. The van der Waals surface area contributed by atoms with Gasteiger partial charge in [0.05, 0.1) is 6.54 Å². The van der Waals surface area contributed by atoms with Crippen molar-refractivity contribution in [3.63, 3.8) is 0 Å². The highest BCUT2D eigenvalue weighted by Crippen LogP contribution is 2.11. The molecule has 3 heterocycles. The third-order valence-electron chi connectivity index (χ3n) is 4.96. The Labute approximate surface area is 154 Å². The molecule has 2 saturated heterocycles. The summed E-state index contributed by atoms with van der Waals surface area (Å²) < 4.78 is 0. The summed E-state index contributed by atoms with van der Waals surface area (Å²) in [5.41, 5.74) is 0. The maximum atomic E-state index is 12.1. The van der Waals surface area contributed by atoms with E-state index in [0.717, 1.165) is 57.9 Å². The Morgan fingerprint density at radius 1 is 1.04 bits per heavy atom. The molecule has 3 rings (SSSR count). The van der Waals surface area contributed by atoms with Crippen molar-refractivity contribution in [1.29, 1.82) is 0 Å². The Morgan fingerprint density at radius 3 is 2.58 bits per heavy atom. The minimum absolute atomic E-state index is 0.0587. The molecule has 26 heavy (non-hydrogen) atoms. The van der Waals surface area contributed by atoms with E-state index in [0.29, 0.717) is 19.5 Å². The van der Waals surface area contributed by atoms with E-state index in [1.165, 1.54) is 0 Å². The fourth-order valence-electron chi connectivity index (χ4n) is 3.41. The highest BCUT2D eigenvalue weighted by molar-refractivity contribution is 5.84. The molecule has 0 unspecified atom stereocenters. The van der Waals surface area contributed by atoms with E-state index < -0.39 is 0 Å². The van der Waals surface area contributed by atoms with Crippen molar-refractivity contribution in [3.8, 4) is 0 Å². The van der Waals surface area contributed by atoms with Crippen LogP contribution in [0.4, 0.5) is 5.95 Å². The second-order valence-electron chi connectivity index (χ2n) is 6.85. The first kappa shape index (κ1) is 18.6. The lowest BCUT2D eigenvalue weighted by atomic mass is 10.2. The molecular weight excluding hydrogens is 332 g/mol. The zero-order valence-corrected chi connectivity index (χ0v) is 15.3. The topological polar surface area (TPSA) is 81.7 Å². The van der Waals surface area contributed by atoms with Crippen LogP contribution in [0.3, 0.4) is 0 Å². The van der Waals surface area contributed by atoms with Gasteiger partial charge in [-0.1, -0.05) is 6.42 Å². The van der Waals surface area contributed by atoms with Gasteiger partial charge in [0.15, 0.2) is 0 Å². The summed E-state index contributed by atoms with van der Waals surface area (Å²) in [5, 5.41) is 2.95. The fraction of sp³-hybridized carbons (Fsp3) is 0.667. The molecule has 142 valence electrons. The lowest BCUT2D eigenvalue weighted by Crippen LogP contribution is -2.49. The number of piperazine rings is 1. The van der Waals surface area contributed by atoms with Gasteiger partial charge >= 0.3 is 0 Å². The molecule has 0 atom stereocenters. The van der Waals surface area contributed by atoms with Crippen LogP contribution in [0.15, 0.2) is 18.5 Å². The van der Waals surface area contributed by atoms with E-state index in [1.54, 1.807) is 17.3 Å². The summed E-state index contributed by atoms with van der Waals surface area (Å²) in [6.45, 7) is 5.97. The van der Waals surface area contributed by atoms with Gasteiger partial charge < -0.3 is 15.1 Å². The van der Waals surface area contributed by atoms with Crippen LogP contribution < -0.4 is 10.2 Å². The predicted molar refractivity (Wildman–Crippen MR) is 98.7 cm³/mol. The second kappa shape index (κ2) is 9.47. The molecule has 1 aromatic rings. The van der Waals surface area contributed by atoms with Gasteiger partial charge in [-0.25, -0.2) is 9.97 Å². The average Bonchev–Trinajstić information content (AvgIpc) is 2.87. The Kier molecular flexibility index (Phi) is 6.76. The zero-order valence-electron chi connectivity index (χ0n) is 15.3. The Bertz CT molecular complexity index is 589. The lowest BCUT2D eigenvalue weighted by molar-refractivity contribution is -0.135. The third kappa shape index (κ3) is 5.39. The summed E-state index contributed by atoms with van der Waals surface area (Å²) >= 11 is 0. The first-order chi connectivity index (χ1) is 12.7. The maximum Gasteiger partial charge on any atom is 0.239 e. The van der Waals surface area contributed by atoms with Crippen LogP contribution in [0.2, 0.25) is 0 Å². The van der Waals surface area contributed by atoms with Gasteiger partial charge in [-0.05, 0) is 18.9 Å². The number of aromatic nitrogens is 2. The molecule has 8 heteroatoms. The minimum Gasteiger partial charge on any atom is -0.353 e. The largest absolute Gasteiger partial charge is 0.353 e. The number of carbonyl (C=O) groups excluding carboxylic acids is 2. The number of likely N-dealkylation sites (tertiary alicyclic amines) is 1. The number of anilines is 1. The molecule has 0 bridgehead atoms. The summed E-state index contributed by atoms with van der Waals surface area (Å²) in [4.78, 5) is 38.8. The van der Waals surface area contributed by atoms with Crippen LogP contribution in [-0.4, -0.2) is 83.9 Å². The molecule has 2 aliphatic heterocycles. The van der Waals surface area contributed by atoms with Gasteiger partial charge in [-0.3, -0.25) is 14.5 Å². The van der Waals surface area contributed by atoms with E-state index in [9.17, 15) is 9.59 Å². The first-order valence-electron chi connectivity index (χ1n) is 9.51. The molecule has 1 N–H and O–H groups in total. The van der Waals surface area contributed by atoms with Crippen LogP contribution in [0.5, 0.6) is 0 Å². The van der Waals surface area contributed by atoms with E-state index >= 15 is 0 Å². The van der Waals surface area contributed by atoms with Crippen LogP contribution in [0.25, 0.3) is 0 Å². The minimum atomic E-state index is -0.0587. The average molecular weight is 360 g/mol. The molecule has 0 spiro atoms. The fourth-order valence-corrected chi connectivity index (χ4v) is 3.41. The van der Waals surface area contributed by atoms with Crippen molar-refractivity contribution in [2.75, 3.05) is 57.3 Å². The third-order valence-corrected chi connectivity index (χ3v) is 4.96. The monoisotopic (exact) mass is 360 g/mol. The molecular formula is C18H28N6O2. The number of amides is 2. The number of nitrogens with zero attached hydrogens (tertiary/aromatic N) is 5. The summed E-state index contributed by atoms with van der Waals surface area (Å²) in [7, 11) is 0. The molecule has 0 radical (unpaired) electrons. The van der Waals surface area contributed by atoms with Gasteiger partial charge in [0.25, 0.3) is 0 Å². The standard InChI is InChI=1S/C18H28N6O2/c25-16(15-24-9-3-1-2-5-17(24)26)19-8-10-22-11-13-23(14-12-22)18-20-6-4-7-21-18/h4,6-7H,1-3,5,8-15H2,(H,19,25). The van der Waals surface area contributed by atoms with Gasteiger partial charge in [0.1, 0.15) is 0 Å². The van der Waals surface area contributed by atoms with Gasteiger partial charge in [-0.2, -0.15) is 0 Å². The summed E-state index contributed by atoms with van der Waals surface area (Å²) in [6, 6.07) is 1.82. The van der Waals surface area contributed by atoms with Gasteiger partial charge in [0.2, 0.25) is 17.8 Å². The molecule has 0 saturated carbocycles. The van der Waals surface area contributed by atoms with Crippen molar-refractivity contribution in [3.05, 3.63) is 18.5 Å². The lowest BCUT2D eigenvalue weighted by Gasteiger charge is -2.34. The van der Waals surface area contributed by atoms with Crippen molar-refractivity contribution in [1.82, 2.24) is 25.1 Å². The predicted octanol–water partition coefficient (Wildman–Crippen LogP) is 0.117. The number of nitrogens with one attached hydrogen (secondary N) is 1. The van der Waals surface area contributed by atoms with Crippen molar-refractivity contribution < 1.29 is 9.59 Å². The number of hydrogen-bond donors (Lipinski definition) is 1. The van der Waals surface area contributed by atoms with E-state index in [2.05, 4.69) is 25.1 Å². The highest BCUT2D eigenvalue weighted by Gasteiger charge is 2.20. The van der Waals surface area contributed by atoms with Gasteiger partial charge in [-0.15, -0.1) is 0 Å². The van der Waals surface area contributed by atoms with Crippen LogP contribution in [0.1, 0.15) is 25.7 Å². The van der Waals surface area contributed by atoms with Crippen LogP contribution in [-0.2, 0) is 9.59 Å². The van der Waals surface area contributed by atoms with Crippen molar-refractivity contribution in [2.24, 2.45) is 0 Å². The Hall–Kier alpha value is -2.22. The summed E-state index contributed by atoms with van der Waals surface area (Å²) in [5.74, 6) is 0.830. The molecule has 0 aromatic carbocycles. The molecule has 2 amide bonds. The number of rotatable bonds is 6. The molecule has 2 fully saturated rings. The quantitative estimate of drug-likeness (QED) is 0.776. The molecule has 1 aromatic heterocycles. The molecule has 8 nitrogen and oxygen atoms in total. The number of carbonyl (C=O) groups is 2. The van der Waals surface area contributed by atoms with Crippen molar-refractivity contribution in [2.45, 2.75) is 25.7 Å². The van der Waals surface area contributed by atoms with Crippen LogP contribution >= 0.6 is 0 Å². The normalized spacial score (nSPS) is 19.3. The zero-order chi connectivity index (χ0) is 18.2. The maximum absolute atomic E-state index is 12.1. The second-order valence-corrected chi connectivity index (χ2v) is 6.85. The smallest absolute Gasteiger partial charge is 0.239 e. The van der Waals surface area contributed by atoms with E-state index in [1.807, 2.05) is 6.07 Å². The molecule has 2 aliphatic rings.